The highest BCUT2D eigenvalue weighted by atomic mass is 16.5. The molecule has 0 N–H and O–H groups in total. The van der Waals surface area contributed by atoms with Crippen molar-refractivity contribution in [3.8, 4) is 28.6 Å². The molecule has 2 aromatic carbocycles. The zero-order chi connectivity index (χ0) is 26.4. The standard InChI is InChI=1S/C27H23N3O7/c1-4-36-25(31)18-14-15-28-21(16-18)37-20-12-10-17(11-13-20)23-22(26(32)34-2)24(27(33)35-3)30(29-23)19-8-6-5-7-9-19/h5-16H,4H2,1-3H3. The molecule has 188 valence electrons. The smallest absolute Gasteiger partial charge is 0.357 e. The molecule has 0 aliphatic carbocycles. The van der Waals surface area contributed by atoms with Crippen LogP contribution in [-0.2, 0) is 14.2 Å². The highest BCUT2D eigenvalue weighted by molar-refractivity contribution is 6.06. The summed E-state index contributed by atoms with van der Waals surface area (Å²) in [6.45, 7) is 1.98. The Labute approximate surface area is 212 Å². The lowest BCUT2D eigenvalue weighted by Crippen LogP contribution is -2.15. The van der Waals surface area contributed by atoms with Crippen molar-refractivity contribution in [3.63, 3.8) is 0 Å². The van der Waals surface area contributed by atoms with E-state index in [2.05, 4.69) is 10.1 Å². The third kappa shape index (κ3) is 5.32. The molecular weight excluding hydrogens is 478 g/mol. The van der Waals surface area contributed by atoms with Gasteiger partial charge in [-0.15, -0.1) is 0 Å². The molecule has 10 nitrogen and oxygen atoms in total. The molecule has 0 saturated heterocycles. The van der Waals surface area contributed by atoms with E-state index in [-0.39, 0.29) is 29.4 Å². The summed E-state index contributed by atoms with van der Waals surface area (Å²) in [7, 11) is 2.45. The van der Waals surface area contributed by atoms with Crippen LogP contribution in [0.15, 0.2) is 72.9 Å². The van der Waals surface area contributed by atoms with Gasteiger partial charge < -0.3 is 18.9 Å². The first-order valence-corrected chi connectivity index (χ1v) is 11.2. The van der Waals surface area contributed by atoms with Gasteiger partial charge in [0.15, 0.2) is 5.69 Å². The van der Waals surface area contributed by atoms with E-state index < -0.39 is 17.9 Å². The zero-order valence-electron chi connectivity index (χ0n) is 20.3. The second kappa shape index (κ2) is 11.2. The van der Waals surface area contributed by atoms with Crippen LogP contribution in [0.2, 0.25) is 0 Å². The summed E-state index contributed by atoms with van der Waals surface area (Å²) in [4.78, 5) is 41.6. The van der Waals surface area contributed by atoms with Gasteiger partial charge >= 0.3 is 17.9 Å². The van der Waals surface area contributed by atoms with Crippen LogP contribution in [-0.4, -0.2) is 53.5 Å². The SMILES string of the molecule is CCOC(=O)c1ccnc(Oc2ccc(-c3nn(-c4ccccc4)c(C(=O)OC)c3C(=O)OC)cc2)c1. The molecule has 0 fully saturated rings. The van der Waals surface area contributed by atoms with E-state index >= 15 is 0 Å². The van der Waals surface area contributed by atoms with Crippen LogP contribution in [0.5, 0.6) is 11.6 Å². The first-order chi connectivity index (χ1) is 18.0. The number of ether oxygens (including phenoxy) is 4. The summed E-state index contributed by atoms with van der Waals surface area (Å²) >= 11 is 0. The van der Waals surface area contributed by atoms with Gasteiger partial charge in [0.05, 0.1) is 32.1 Å². The highest BCUT2D eigenvalue weighted by Gasteiger charge is 2.31. The van der Waals surface area contributed by atoms with Gasteiger partial charge in [0.25, 0.3) is 0 Å². The molecule has 0 atom stereocenters. The Morgan fingerprint density at radius 1 is 0.865 bits per heavy atom. The lowest BCUT2D eigenvalue weighted by atomic mass is 10.1. The number of pyridine rings is 1. The van der Waals surface area contributed by atoms with Crippen molar-refractivity contribution in [1.82, 2.24) is 14.8 Å². The van der Waals surface area contributed by atoms with Crippen molar-refractivity contribution in [2.75, 3.05) is 20.8 Å². The lowest BCUT2D eigenvalue weighted by molar-refractivity contribution is 0.0524. The Hall–Kier alpha value is -4.99. The van der Waals surface area contributed by atoms with Gasteiger partial charge in [-0.1, -0.05) is 18.2 Å². The number of nitrogens with zero attached hydrogens (tertiary/aromatic N) is 3. The summed E-state index contributed by atoms with van der Waals surface area (Å²) in [6.07, 6.45) is 1.45. The van der Waals surface area contributed by atoms with Gasteiger partial charge in [-0.3, -0.25) is 0 Å². The molecule has 0 spiro atoms. The number of benzene rings is 2. The topological polar surface area (TPSA) is 119 Å². The first kappa shape index (κ1) is 25.1. The second-order valence-corrected chi connectivity index (χ2v) is 7.53. The fraction of sp³-hybridized carbons (Fsp3) is 0.148. The molecule has 4 rings (SSSR count). The van der Waals surface area contributed by atoms with E-state index in [4.69, 9.17) is 18.9 Å². The van der Waals surface area contributed by atoms with Crippen molar-refractivity contribution < 1.29 is 33.3 Å². The number of aromatic nitrogens is 3. The summed E-state index contributed by atoms with van der Waals surface area (Å²) in [5.74, 6) is -1.33. The highest BCUT2D eigenvalue weighted by Crippen LogP contribution is 2.31. The Bertz CT molecular complexity index is 1430. The molecule has 0 unspecified atom stereocenters. The minimum Gasteiger partial charge on any atom is -0.465 e. The molecule has 0 amide bonds. The van der Waals surface area contributed by atoms with Crippen LogP contribution in [0, 0.1) is 0 Å². The first-order valence-electron chi connectivity index (χ1n) is 11.2. The molecule has 0 radical (unpaired) electrons. The molecule has 0 bridgehead atoms. The van der Waals surface area contributed by atoms with Crippen LogP contribution in [0.3, 0.4) is 0 Å². The predicted octanol–water partition coefficient (Wildman–Crippen LogP) is 4.48. The van der Waals surface area contributed by atoms with Gasteiger partial charge in [0.2, 0.25) is 5.88 Å². The van der Waals surface area contributed by atoms with Crippen molar-refractivity contribution in [2.45, 2.75) is 6.92 Å². The second-order valence-electron chi connectivity index (χ2n) is 7.53. The predicted molar refractivity (Wildman–Crippen MR) is 132 cm³/mol. The molecule has 0 aliphatic rings. The number of hydrogen-bond donors (Lipinski definition) is 0. The quantitative estimate of drug-likeness (QED) is 0.254. The maximum absolute atomic E-state index is 12.8. The number of rotatable bonds is 8. The molecule has 10 heteroatoms. The molecule has 0 saturated carbocycles. The van der Waals surface area contributed by atoms with Crippen molar-refractivity contribution >= 4 is 17.9 Å². The van der Waals surface area contributed by atoms with E-state index in [0.29, 0.717) is 22.6 Å². The van der Waals surface area contributed by atoms with Crippen molar-refractivity contribution in [2.24, 2.45) is 0 Å². The molecule has 37 heavy (non-hydrogen) atoms. The van der Waals surface area contributed by atoms with Crippen LogP contribution >= 0.6 is 0 Å². The van der Waals surface area contributed by atoms with E-state index in [1.807, 2.05) is 6.07 Å². The van der Waals surface area contributed by atoms with Crippen LogP contribution in [0.4, 0.5) is 0 Å². The largest absolute Gasteiger partial charge is 0.465 e. The molecule has 2 aromatic heterocycles. The van der Waals surface area contributed by atoms with Crippen molar-refractivity contribution in [1.29, 1.82) is 0 Å². The van der Waals surface area contributed by atoms with Gasteiger partial charge in [-0.2, -0.15) is 5.10 Å². The normalized spacial score (nSPS) is 10.5. The Morgan fingerprint density at radius 2 is 1.57 bits per heavy atom. The third-order valence-electron chi connectivity index (χ3n) is 5.25. The number of carbonyl (C=O) groups excluding carboxylic acids is 3. The van der Waals surface area contributed by atoms with Gasteiger partial charge in [-0.25, -0.2) is 24.0 Å². The van der Waals surface area contributed by atoms with E-state index in [0.717, 1.165) is 0 Å². The minimum atomic E-state index is -0.740. The third-order valence-corrected chi connectivity index (χ3v) is 5.25. The van der Waals surface area contributed by atoms with Crippen LogP contribution in [0.25, 0.3) is 16.9 Å². The Kier molecular flexibility index (Phi) is 7.58. The molecule has 2 heterocycles. The van der Waals surface area contributed by atoms with Gasteiger partial charge in [0, 0.05) is 17.8 Å². The fourth-order valence-corrected chi connectivity index (χ4v) is 3.57. The fourth-order valence-electron chi connectivity index (χ4n) is 3.57. The minimum absolute atomic E-state index is 0.0318. The summed E-state index contributed by atoms with van der Waals surface area (Å²) in [5.41, 5.74) is 1.54. The Balaban J connectivity index is 1.72. The monoisotopic (exact) mass is 501 g/mol. The Morgan fingerprint density at radius 3 is 2.22 bits per heavy atom. The maximum atomic E-state index is 12.8. The van der Waals surface area contributed by atoms with E-state index in [1.165, 1.54) is 37.2 Å². The average Bonchev–Trinajstić information content (AvgIpc) is 3.34. The van der Waals surface area contributed by atoms with Gasteiger partial charge in [-0.05, 0) is 49.4 Å². The molecule has 0 aliphatic heterocycles. The average molecular weight is 501 g/mol. The summed E-state index contributed by atoms with van der Waals surface area (Å²) in [6, 6.07) is 18.5. The lowest BCUT2D eigenvalue weighted by Gasteiger charge is -2.08. The van der Waals surface area contributed by atoms with Gasteiger partial charge in [0.1, 0.15) is 17.0 Å². The summed E-state index contributed by atoms with van der Waals surface area (Å²) < 4.78 is 22.0. The number of esters is 3. The number of hydrogen-bond acceptors (Lipinski definition) is 9. The maximum Gasteiger partial charge on any atom is 0.357 e. The van der Waals surface area contributed by atoms with Crippen LogP contribution in [0.1, 0.15) is 38.1 Å². The van der Waals surface area contributed by atoms with E-state index in [1.54, 1.807) is 55.5 Å². The van der Waals surface area contributed by atoms with Crippen molar-refractivity contribution in [3.05, 3.63) is 89.7 Å². The van der Waals surface area contributed by atoms with Crippen LogP contribution < -0.4 is 4.74 Å². The zero-order valence-corrected chi connectivity index (χ0v) is 20.3. The number of para-hydroxylation sites is 1. The number of methoxy groups -OCH3 is 2. The summed E-state index contributed by atoms with van der Waals surface area (Å²) in [5, 5.41) is 4.56. The van der Waals surface area contributed by atoms with E-state index in [9.17, 15) is 14.4 Å². The molecule has 4 aromatic rings. The number of carbonyl (C=O) groups is 3. The molecular formula is C27H23N3O7.